The molecule has 1 atom stereocenters. The van der Waals surface area contributed by atoms with E-state index < -0.39 is 5.38 Å². The lowest BCUT2D eigenvalue weighted by atomic mass is 10.1. The van der Waals surface area contributed by atoms with E-state index in [2.05, 4.69) is 35.2 Å². The summed E-state index contributed by atoms with van der Waals surface area (Å²) >= 11 is 12.3. The van der Waals surface area contributed by atoms with Crippen molar-refractivity contribution in [1.82, 2.24) is 0 Å². The number of thiol groups is 1. The Morgan fingerprint density at radius 3 is 2.77 bits per heavy atom. The fourth-order valence-electron chi connectivity index (χ4n) is 0.952. The van der Waals surface area contributed by atoms with Crippen molar-refractivity contribution >= 4 is 52.6 Å². The molecule has 0 aromatic heterocycles. The summed E-state index contributed by atoms with van der Waals surface area (Å²) in [5.41, 5.74) is 0.835. The van der Waals surface area contributed by atoms with Crippen molar-refractivity contribution in [3.8, 4) is 0 Å². The molecule has 0 heterocycles. The van der Waals surface area contributed by atoms with Gasteiger partial charge in [0.05, 0.1) is 0 Å². The maximum Gasteiger partial charge on any atom is 0.152 e. The average molecular weight is 327 g/mol. The third kappa shape index (κ3) is 2.60. The molecule has 13 heavy (non-hydrogen) atoms. The van der Waals surface area contributed by atoms with Crippen LogP contribution in [-0.4, -0.2) is 5.78 Å². The van der Waals surface area contributed by atoms with Crippen LogP contribution in [0.2, 0.25) is 0 Å². The molecule has 0 fully saturated rings. The van der Waals surface area contributed by atoms with Crippen LogP contribution in [0.4, 0.5) is 0 Å². The predicted molar refractivity (Wildman–Crippen MR) is 65.7 cm³/mol. The summed E-state index contributed by atoms with van der Waals surface area (Å²) in [6, 6.07) is 5.57. The Morgan fingerprint density at radius 1 is 1.62 bits per heavy atom. The number of rotatable bonds is 2. The molecule has 0 aliphatic carbocycles. The van der Waals surface area contributed by atoms with Crippen LogP contribution in [0, 0.1) is 3.57 Å². The van der Waals surface area contributed by atoms with E-state index in [9.17, 15) is 4.79 Å². The highest BCUT2D eigenvalue weighted by Crippen LogP contribution is 2.29. The topological polar surface area (TPSA) is 17.1 Å². The zero-order valence-electron chi connectivity index (χ0n) is 6.92. The van der Waals surface area contributed by atoms with Gasteiger partial charge in [0, 0.05) is 8.47 Å². The van der Waals surface area contributed by atoms with E-state index in [-0.39, 0.29) is 5.78 Å². The van der Waals surface area contributed by atoms with Crippen molar-refractivity contribution in [3.05, 3.63) is 27.3 Å². The van der Waals surface area contributed by atoms with Crippen molar-refractivity contribution in [2.24, 2.45) is 0 Å². The summed E-state index contributed by atoms with van der Waals surface area (Å²) in [6.45, 7) is 1.49. The predicted octanol–water partition coefficient (Wildman–Crippen LogP) is 3.45. The molecular formula is C9H8ClIOS. The van der Waals surface area contributed by atoms with Gasteiger partial charge in [-0.1, -0.05) is 12.1 Å². The highest BCUT2D eigenvalue weighted by atomic mass is 127. The summed E-state index contributed by atoms with van der Waals surface area (Å²) in [5, 5.41) is -0.556. The molecule has 0 spiro atoms. The molecule has 0 saturated heterocycles. The van der Waals surface area contributed by atoms with Gasteiger partial charge in [0.15, 0.2) is 5.78 Å². The van der Waals surface area contributed by atoms with Crippen LogP contribution in [0.5, 0.6) is 0 Å². The maximum absolute atomic E-state index is 11.0. The molecule has 0 amide bonds. The second-order valence-corrected chi connectivity index (χ2v) is 4.65. The zero-order chi connectivity index (χ0) is 10.0. The lowest BCUT2D eigenvalue weighted by Gasteiger charge is -2.09. The first-order valence-electron chi connectivity index (χ1n) is 3.66. The number of carbonyl (C=O) groups excluding carboxylic acids is 1. The van der Waals surface area contributed by atoms with E-state index >= 15 is 0 Å². The molecule has 4 heteroatoms. The largest absolute Gasteiger partial charge is 0.298 e. The van der Waals surface area contributed by atoms with Crippen LogP contribution < -0.4 is 0 Å². The lowest BCUT2D eigenvalue weighted by molar-refractivity contribution is -0.116. The molecule has 1 unspecified atom stereocenters. The van der Waals surface area contributed by atoms with Gasteiger partial charge in [-0.05, 0) is 41.1 Å². The van der Waals surface area contributed by atoms with Crippen molar-refractivity contribution in [3.63, 3.8) is 0 Å². The number of carbonyl (C=O) groups is 1. The fourth-order valence-corrected chi connectivity index (χ4v) is 2.20. The molecule has 0 N–H and O–H groups in total. The van der Waals surface area contributed by atoms with Crippen molar-refractivity contribution < 1.29 is 4.79 Å². The Balaban J connectivity index is 3.15. The number of halogens is 2. The van der Waals surface area contributed by atoms with Crippen LogP contribution >= 0.6 is 46.8 Å². The SMILES string of the molecule is CC(=O)C(Cl)c1cccc(S)c1I. The smallest absolute Gasteiger partial charge is 0.152 e. The Hall–Kier alpha value is 0.260. The number of hydrogen-bond donors (Lipinski definition) is 1. The first-order valence-corrected chi connectivity index (χ1v) is 5.62. The van der Waals surface area contributed by atoms with E-state index in [1.165, 1.54) is 6.92 Å². The molecule has 0 aliphatic heterocycles. The minimum atomic E-state index is -0.556. The molecule has 1 nitrogen and oxygen atoms in total. The number of benzene rings is 1. The van der Waals surface area contributed by atoms with Gasteiger partial charge in [0.2, 0.25) is 0 Å². The zero-order valence-corrected chi connectivity index (χ0v) is 10.7. The third-order valence-electron chi connectivity index (χ3n) is 1.64. The van der Waals surface area contributed by atoms with E-state index in [1.807, 2.05) is 18.2 Å². The normalized spacial score (nSPS) is 12.6. The van der Waals surface area contributed by atoms with Gasteiger partial charge in [-0.2, -0.15) is 0 Å². The van der Waals surface area contributed by atoms with E-state index in [0.29, 0.717) is 0 Å². The molecule has 0 bridgehead atoms. The number of ketones is 1. The summed E-state index contributed by atoms with van der Waals surface area (Å²) in [6.07, 6.45) is 0. The first kappa shape index (κ1) is 11.3. The first-order chi connectivity index (χ1) is 6.04. The van der Waals surface area contributed by atoms with Gasteiger partial charge in [-0.25, -0.2) is 0 Å². The number of alkyl halides is 1. The van der Waals surface area contributed by atoms with Crippen molar-refractivity contribution in [2.75, 3.05) is 0 Å². The van der Waals surface area contributed by atoms with E-state index in [4.69, 9.17) is 11.6 Å². The highest BCUT2D eigenvalue weighted by molar-refractivity contribution is 14.1. The minimum Gasteiger partial charge on any atom is -0.298 e. The van der Waals surface area contributed by atoms with Crippen LogP contribution in [0.3, 0.4) is 0 Å². The van der Waals surface area contributed by atoms with Gasteiger partial charge < -0.3 is 0 Å². The lowest BCUT2D eigenvalue weighted by Crippen LogP contribution is -2.03. The van der Waals surface area contributed by atoms with Gasteiger partial charge in [-0.15, -0.1) is 24.2 Å². The number of hydrogen-bond acceptors (Lipinski definition) is 2. The van der Waals surface area contributed by atoms with Crippen LogP contribution in [-0.2, 0) is 4.79 Å². The van der Waals surface area contributed by atoms with Crippen molar-refractivity contribution in [1.29, 1.82) is 0 Å². The molecule has 1 rings (SSSR count). The number of Topliss-reactive ketones (excluding diaryl/α,β-unsaturated/α-hetero) is 1. The molecule has 0 saturated carbocycles. The Kier molecular flexibility index (Phi) is 4.06. The van der Waals surface area contributed by atoms with Gasteiger partial charge >= 0.3 is 0 Å². The Labute approximate surface area is 101 Å². The second kappa shape index (κ2) is 4.66. The quantitative estimate of drug-likeness (QED) is 0.500. The maximum atomic E-state index is 11.0. The Morgan fingerprint density at radius 2 is 2.23 bits per heavy atom. The molecule has 70 valence electrons. The summed E-state index contributed by atoms with van der Waals surface area (Å²) < 4.78 is 0.943. The van der Waals surface area contributed by atoms with Crippen LogP contribution in [0.1, 0.15) is 17.9 Å². The van der Waals surface area contributed by atoms with Crippen LogP contribution in [0.25, 0.3) is 0 Å². The molecule has 0 aliphatic rings. The average Bonchev–Trinajstić information content (AvgIpc) is 2.08. The van der Waals surface area contributed by atoms with Gasteiger partial charge in [0.1, 0.15) is 5.38 Å². The van der Waals surface area contributed by atoms with Crippen LogP contribution in [0.15, 0.2) is 23.1 Å². The third-order valence-corrected chi connectivity index (χ3v) is 4.18. The monoisotopic (exact) mass is 326 g/mol. The van der Waals surface area contributed by atoms with E-state index in [1.54, 1.807) is 0 Å². The van der Waals surface area contributed by atoms with Crippen molar-refractivity contribution in [2.45, 2.75) is 17.2 Å². The second-order valence-electron chi connectivity index (χ2n) is 2.65. The molecule has 1 aromatic rings. The summed E-state index contributed by atoms with van der Waals surface area (Å²) in [7, 11) is 0. The Bertz CT molecular complexity index is 340. The van der Waals surface area contributed by atoms with Gasteiger partial charge in [-0.3, -0.25) is 4.79 Å². The fraction of sp³-hybridized carbons (Fsp3) is 0.222. The summed E-state index contributed by atoms with van der Waals surface area (Å²) in [5.74, 6) is -0.0430. The van der Waals surface area contributed by atoms with Gasteiger partial charge in [0.25, 0.3) is 0 Å². The van der Waals surface area contributed by atoms with E-state index in [0.717, 1.165) is 14.0 Å². The standard InChI is InChI=1S/C9H8ClIOS/c1-5(12)8(10)6-3-2-4-7(13)9(6)11/h2-4,8,13H,1H3. The molecule has 1 aromatic carbocycles. The summed E-state index contributed by atoms with van der Waals surface area (Å²) in [4.78, 5) is 11.9. The molecular weight excluding hydrogens is 319 g/mol. The highest BCUT2D eigenvalue weighted by Gasteiger charge is 2.16. The minimum absolute atomic E-state index is 0.0430. The molecule has 0 radical (unpaired) electrons.